The molecule has 3 nitrogen and oxygen atoms in total. The molecule has 19 heavy (non-hydrogen) atoms. The molecule has 1 heterocycles. The van der Waals surface area contributed by atoms with Gasteiger partial charge < -0.3 is 10.2 Å². The lowest BCUT2D eigenvalue weighted by Crippen LogP contribution is -2.35. The number of carbonyl (C=O) groups is 1. The van der Waals surface area contributed by atoms with Crippen molar-refractivity contribution >= 4 is 40.9 Å². The smallest absolute Gasteiger partial charge is 0.236 e. The summed E-state index contributed by atoms with van der Waals surface area (Å²) in [6.45, 7) is 3.41. The number of likely N-dealkylation sites (N-methyl/N-ethyl adjacent to an activating group) is 1. The second-order valence-corrected chi connectivity index (χ2v) is 6.68. The summed E-state index contributed by atoms with van der Waals surface area (Å²) in [4.78, 5) is 14.1. The largest absolute Gasteiger partial charge is 0.324 e. The molecule has 0 spiro atoms. The van der Waals surface area contributed by atoms with Gasteiger partial charge in [-0.15, -0.1) is 11.8 Å². The third-order valence-electron chi connectivity index (χ3n) is 3.08. The maximum atomic E-state index is 12.2. The van der Waals surface area contributed by atoms with Crippen molar-refractivity contribution in [1.82, 2.24) is 10.2 Å². The summed E-state index contributed by atoms with van der Waals surface area (Å²) in [6.07, 6.45) is 0. The van der Waals surface area contributed by atoms with E-state index in [4.69, 9.17) is 23.2 Å². The van der Waals surface area contributed by atoms with Gasteiger partial charge in [-0.1, -0.05) is 29.3 Å². The Morgan fingerprint density at radius 2 is 2.11 bits per heavy atom. The fraction of sp³-hybridized carbons (Fsp3) is 0.462. The van der Waals surface area contributed by atoms with Crippen molar-refractivity contribution in [2.75, 3.05) is 20.1 Å². The topological polar surface area (TPSA) is 32.3 Å². The third-order valence-corrected chi connectivity index (χ3v) is 5.21. The molecule has 0 aromatic heterocycles. The van der Waals surface area contributed by atoms with Gasteiger partial charge in [0.25, 0.3) is 0 Å². The first-order valence-corrected chi connectivity index (χ1v) is 7.80. The van der Waals surface area contributed by atoms with Crippen LogP contribution in [-0.2, 0) is 4.79 Å². The predicted molar refractivity (Wildman–Crippen MR) is 81.9 cm³/mol. The first-order valence-electron chi connectivity index (χ1n) is 6.10. The Labute approximate surface area is 127 Å². The Hall–Kier alpha value is -0.420. The lowest BCUT2D eigenvalue weighted by molar-refractivity contribution is -0.129. The Morgan fingerprint density at radius 1 is 1.37 bits per heavy atom. The van der Waals surface area contributed by atoms with Crippen molar-refractivity contribution in [3.63, 3.8) is 0 Å². The van der Waals surface area contributed by atoms with Gasteiger partial charge in [0.15, 0.2) is 0 Å². The van der Waals surface area contributed by atoms with Crippen LogP contribution in [0.5, 0.6) is 0 Å². The molecule has 0 aliphatic carbocycles. The molecule has 2 rings (SSSR count). The number of nitrogens with one attached hydrogen (secondary N) is 1. The van der Waals surface area contributed by atoms with Crippen LogP contribution in [0.15, 0.2) is 18.2 Å². The number of amides is 1. The Bertz CT molecular complexity index is 484. The number of hydrogen-bond donors (Lipinski definition) is 1. The molecule has 1 amide bonds. The van der Waals surface area contributed by atoms with E-state index in [1.165, 1.54) is 0 Å². The van der Waals surface area contributed by atoms with Crippen molar-refractivity contribution in [2.24, 2.45) is 0 Å². The molecule has 0 radical (unpaired) electrons. The van der Waals surface area contributed by atoms with Crippen molar-refractivity contribution < 1.29 is 4.79 Å². The SMILES string of the molecule is CNCCN1C(=O)[C@H](C)S[C@@H]1c1ccc(Cl)c(Cl)c1. The van der Waals surface area contributed by atoms with E-state index >= 15 is 0 Å². The zero-order valence-corrected chi connectivity index (χ0v) is 13.1. The summed E-state index contributed by atoms with van der Waals surface area (Å²) < 4.78 is 0. The normalized spacial score (nSPS) is 23.2. The number of benzene rings is 1. The molecule has 1 saturated heterocycles. The van der Waals surface area contributed by atoms with Crippen molar-refractivity contribution in [3.05, 3.63) is 33.8 Å². The number of rotatable bonds is 4. The van der Waals surface area contributed by atoms with Gasteiger partial charge in [-0.25, -0.2) is 0 Å². The lowest BCUT2D eigenvalue weighted by Gasteiger charge is -2.24. The molecule has 1 aliphatic heterocycles. The lowest BCUT2D eigenvalue weighted by atomic mass is 10.2. The Balaban J connectivity index is 2.25. The second kappa shape index (κ2) is 6.35. The van der Waals surface area contributed by atoms with Crippen LogP contribution in [-0.4, -0.2) is 36.2 Å². The van der Waals surface area contributed by atoms with E-state index in [1.807, 2.05) is 31.0 Å². The van der Waals surface area contributed by atoms with E-state index in [1.54, 1.807) is 17.8 Å². The van der Waals surface area contributed by atoms with E-state index < -0.39 is 0 Å². The zero-order valence-electron chi connectivity index (χ0n) is 10.8. The summed E-state index contributed by atoms with van der Waals surface area (Å²) in [7, 11) is 1.88. The average molecular weight is 319 g/mol. The summed E-state index contributed by atoms with van der Waals surface area (Å²) in [5, 5.41) is 4.14. The highest BCUT2D eigenvalue weighted by Gasteiger charge is 2.38. The highest BCUT2D eigenvalue weighted by atomic mass is 35.5. The highest BCUT2D eigenvalue weighted by molar-refractivity contribution is 8.01. The van der Waals surface area contributed by atoms with Crippen molar-refractivity contribution in [2.45, 2.75) is 17.5 Å². The number of halogens is 2. The first kappa shape index (κ1) is 15.0. The van der Waals surface area contributed by atoms with Gasteiger partial charge in [-0.05, 0) is 31.7 Å². The first-order chi connectivity index (χ1) is 9.04. The standard InChI is InChI=1S/C13H16Cl2N2OS/c1-8-12(18)17(6-5-16-2)13(19-8)9-3-4-10(14)11(15)7-9/h3-4,7-8,13,16H,5-6H2,1-2H3/t8-,13+/m0/s1. The molecular weight excluding hydrogens is 303 g/mol. The minimum atomic E-state index is -0.0173. The molecule has 6 heteroatoms. The van der Waals surface area contributed by atoms with Gasteiger partial charge in [0.1, 0.15) is 5.37 Å². The highest BCUT2D eigenvalue weighted by Crippen LogP contribution is 2.43. The van der Waals surface area contributed by atoms with Crippen LogP contribution in [0.25, 0.3) is 0 Å². The monoisotopic (exact) mass is 318 g/mol. The molecule has 1 N–H and O–H groups in total. The van der Waals surface area contributed by atoms with E-state index in [0.717, 1.165) is 12.1 Å². The molecule has 2 atom stereocenters. The van der Waals surface area contributed by atoms with Crippen molar-refractivity contribution in [1.29, 1.82) is 0 Å². The van der Waals surface area contributed by atoms with Crippen molar-refractivity contribution in [3.8, 4) is 0 Å². The molecule has 1 fully saturated rings. The van der Waals surface area contributed by atoms with Crippen LogP contribution in [0.2, 0.25) is 10.0 Å². The van der Waals surface area contributed by atoms with Crippen LogP contribution in [0.3, 0.4) is 0 Å². The molecular formula is C13H16Cl2N2OS. The molecule has 0 unspecified atom stereocenters. The zero-order chi connectivity index (χ0) is 14.0. The summed E-state index contributed by atoms with van der Waals surface area (Å²) in [5.41, 5.74) is 1.02. The van der Waals surface area contributed by atoms with E-state index in [0.29, 0.717) is 16.6 Å². The molecule has 0 saturated carbocycles. The van der Waals surface area contributed by atoms with Crippen LogP contribution < -0.4 is 5.32 Å². The van der Waals surface area contributed by atoms with E-state index in [2.05, 4.69) is 5.32 Å². The van der Waals surface area contributed by atoms with Gasteiger partial charge in [0, 0.05) is 13.1 Å². The minimum absolute atomic E-state index is 0.0173. The molecule has 104 valence electrons. The Kier molecular flexibility index (Phi) is 5.01. The molecule has 1 aromatic rings. The fourth-order valence-electron chi connectivity index (χ4n) is 2.06. The van der Waals surface area contributed by atoms with Gasteiger partial charge >= 0.3 is 0 Å². The average Bonchev–Trinajstić information content (AvgIpc) is 2.67. The van der Waals surface area contributed by atoms with Gasteiger partial charge in [-0.3, -0.25) is 4.79 Å². The van der Waals surface area contributed by atoms with E-state index in [9.17, 15) is 4.79 Å². The third kappa shape index (κ3) is 3.19. The van der Waals surface area contributed by atoms with Crippen LogP contribution in [0, 0.1) is 0 Å². The number of thioether (sulfide) groups is 1. The number of carbonyl (C=O) groups excluding carboxylic acids is 1. The summed E-state index contributed by atoms with van der Waals surface area (Å²) in [6, 6.07) is 5.56. The van der Waals surface area contributed by atoms with Crippen LogP contribution >= 0.6 is 35.0 Å². The predicted octanol–water partition coefficient (Wildman–Crippen LogP) is 3.18. The summed E-state index contributed by atoms with van der Waals surface area (Å²) in [5.74, 6) is 0.177. The molecule has 1 aromatic carbocycles. The molecule has 0 bridgehead atoms. The van der Waals surface area contributed by atoms with Crippen LogP contribution in [0.1, 0.15) is 17.9 Å². The summed E-state index contributed by atoms with van der Waals surface area (Å²) >= 11 is 13.6. The van der Waals surface area contributed by atoms with Gasteiger partial charge in [0.2, 0.25) is 5.91 Å². The molecule has 1 aliphatic rings. The van der Waals surface area contributed by atoms with E-state index in [-0.39, 0.29) is 16.5 Å². The quantitative estimate of drug-likeness (QED) is 0.925. The Morgan fingerprint density at radius 3 is 2.74 bits per heavy atom. The number of nitrogens with zero attached hydrogens (tertiary/aromatic N) is 1. The minimum Gasteiger partial charge on any atom is -0.324 e. The maximum absolute atomic E-state index is 12.2. The van der Waals surface area contributed by atoms with Gasteiger partial charge in [0.05, 0.1) is 15.3 Å². The fourth-order valence-corrected chi connectivity index (χ4v) is 3.66. The second-order valence-electron chi connectivity index (χ2n) is 4.44. The van der Waals surface area contributed by atoms with Gasteiger partial charge in [-0.2, -0.15) is 0 Å². The maximum Gasteiger partial charge on any atom is 0.236 e. The number of hydrogen-bond acceptors (Lipinski definition) is 3. The van der Waals surface area contributed by atoms with Crippen LogP contribution in [0.4, 0.5) is 0 Å².